The molecule has 0 N–H and O–H groups in total. The highest BCUT2D eigenvalue weighted by molar-refractivity contribution is 6.10. The van der Waals surface area contributed by atoms with Gasteiger partial charge in [0.05, 0.1) is 0 Å². The summed E-state index contributed by atoms with van der Waals surface area (Å²) in [5.74, 6) is 0. The predicted octanol–water partition coefficient (Wildman–Crippen LogP) is 16.7. The molecule has 296 valence electrons. The quantitative estimate of drug-likeness (QED) is 0.167. The Morgan fingerprint density at radius 2 is 0.855 bits per heavy atom. The predicted molar refractivity (Wildman–Crippen MR) is 260 cm³/mol. The molecule has 0 spiro atoms. The van der Waals surface area contributed by atoms with E-state index >= 15 is 0 Å². The van der Waals surface area contributed by atoms with E-state index in [4.69, 9.17) is 4.42 Å². The molecule has 0 bridgehead atoms. The van der Waals surface area contributed by atoms with Gasteiger partial charge in [0.1, 0.15) is 11.2 Å². The van der Waals surface area contributed by atoms with Crippen LogP contribution in [0.5, 0.6) is 0 Å². The van der Waals surface area contributed by atoms with Gasteiger partial charge in [0, 0.05) is 44.2 Å². The maximum Gasteiger partial charge on any atom is 0.143 e. The van der Waals surface area contributed by atoms with Crippen molar-refractivity contribution < 1.29 is 4.42 Å². The standard InChI is InChI=1S/C60H45NO/c1-59(2)50-24-13-11-21-48(50)56-52(59)37-53-57(55(56)41-18-9-6-10-19-41)49-35-34-44(36-51(49)60(53,3)4)61(42-30-26-39(27-31-42)38-16-7-5-8-17-38)43-32-28-40(29-33-43)45-22-15-23-47-46-20-12-14-25-54(46)62-58(45)47/h5-37H,1-4H3. The van der Waals surface area contributed by atoms with E-state index in [1.807, 2.05) is 6.07 Å². The fourth-order valence-corrected chi connectivity index (χ4v) is 10.7. The number of fused-ring (bicyclic) bond motifs is 9. The topological polar surface area (TPSA) is 16.4 Å². The molecule has 0 radical (unpaired) electrons. The highest BCUT2D eigenvalue weighted by Crippen LogP contribution is 2.61. The number of anilines is 3. The van der Waals surface area contributed by atoms with E-state index in [9.17, 15) is 0 Å². The molecule has 62 heavy (non-hydrogen) atoms. The lowest BCUT2D eigenvalue weighted by molar-refractivity contribution is 0.639. The smallest absolute Gasteiger partial charge is 0.143 e. The zero-order valence-corrected chi connectivity index (χ0v) is 35.4. The molecule has 1 heterocycles. The molecule has 2 nitrogen and oxygen atoms in total. The fourth-order valence-electron chi connectivity index (χ4n) is 10.7. The Morgan fingerprint density at radius 3 is 1.56 bits per heavy atom. The summed E-state index contributed by atoms with van der Waals surface area (Å²) in [7, 11) is 0. The summed E-state index contributed by atoms with van der Waals surface area (Å²) < 4.78 is 6.47. The second-order valence-electron chi connectivity index (χ2n) is 18.1. The number of hydrogen-bond donors (Lipinski definition) is 0. The van der Waals surface area contributed by atoms with E-state index < -0.39 is 0 Å². The van der Waals surface area contributed by atoms with Crippen LogP contribution in [0.25, 0.3) is 77.6 Å². The number of nitrogens with zero attached hydrogens (tertiary/aromatic N) is 1. The van der Waals surface area contributed by atoms with Gasteiger partial charge >= 0.3 is 0 Å². The monoisotopic (exact) mass is 795 g/mol. The van der Waals surface area contributed by atoms with Gasteiger partial charge in [0.2, 0.25) is 0 Å². The van der Waals surface area contributed by atoms with Crippen LogP contribution >= 0.6 is 0 Å². The van der Waals surface area contributed by atoms with Crippen molar-refractivity contribution in [2.75, 3.05) is 4.90 Å². The molecule has 0 amide bonds. The Balaban J connectivity index is 1.03. The van der Waals surface area contributed by atoms with Crippen molar-refractivity contribution in [1.82, 2.24) is 0 Å². The average Bonchev–Trinajstić information content (AvgIpc) is 3.89. The van der Waals surface area contributed by atoms with Gasteiger partial charge in [-0.3, -0.25) is 0 Å². The zero-order valence-electron chi connectivity index (χ0n) is 35.4. The van der Waals surface area contributed by atoms with Crippen LogP contribution in [-0.4, -0.2) is 0 Å². The number of rotatable bonds is 6. The van der Waals surface area contributed by atoms with Gasteiger partial charge in [-0.25, -0.2) is 0 Å². The largest absolute Gasteiger partial charge is 0.455 e. The van der Waals surface area contributed by atoms with Crippen LogP contribution in [0.4, 0.5) is 17.1 Å². The molecule has 2 aliphatic carbocycles. The minimum absolute atomic E-state index is 0.120. The van der Waals surface area contributed by atoms with Gasteiger partial charge in [-0.2, -0.15) is 0 Å². The van der Waals surface area contributed by atoms with Gasteiger partial charge in [-0.1, -0.05) is 185 Å². The normalized spacial score (nSPS) is 14.1. The van der Waals surface area contributed by atoms with Crippen molar-refractivity contribution in [3.63, 3.8) is 0 Å². The van der Waals surface area contributed by atoms with Gasteiger partial charge in [-0.05, 0) is 115 Å². The Kier molecular flexibility index (Phi) is 7.96. The van der Waals surface area contributed by atoms with Gasteiger partial charge in [-0.15, -0.1) is 0 Å². The highest BCUT2D eigenvalue weighted by atomic mass is 16.3. The minimum atomic E-state index is -0.248. The fraction of sp³-hybridized carbons (Fsp3) is 0.100. The Labute approximate surface area is 363 Å². The molecular weight excluding hydrogens is 751 g/mol. The van der Waals surface area contributed by atoms with Crippen molar-refractivity contribution in [1.29, 1.82) is 0 Å². The summed E-state index contributed by atoms with van der Waals surface area (Å²) in [6.07, 6.45) is 0. The van der Waals surface area contributed by atoms with Crippen molar-refractivity contribution in [2.24, 2.45) is 0 Å². The zero-order chi connectivity index (χ0) is 41.7. The Hall–Kier alpha value is -7.42. The summed E-state index contributed by atoms with van der Waals surface area (Å²) in [6, 6.07) is 73.2. The molecule has 2 aliphatic rings. The number of furan rings is 1. The molecule has 0 aliphatic heterocycles. The number of benzene rings is 9. The number of para-hydroxylation sites is 2. The minimum Gasteiger partial charge on any atom is -0.455 e. The van der Waals surface area contributed by atoms with Crippen LogP contribution in [0.3, 0.4) is 0 Å². The summed E-state index contributed by atoms with van der Waals surface area (Å²) >= 11 is 0. The first-order chi connectivity index (χ1) is 30.3. The van der Waals surface area contributed by atoms with Gasteiger partial charge < -0.3 is 9.32 Å². The van der Waals surface area contributed by atoms with Crippen LogP contribution in [0.1, 0.15) is 49.9 Å². The maximum absolute atomic E-state index is 6.47. The van der Waals surface area contributed by atoms with Gasteiger partial charge in [0.15, 0.2) is 0 Å². The Bertz CT molecular complexity index is 3370. The van der Waals surface area contributed by atoms with Crippen molar-refractivity contribution in [2.45, 2.75) is 38.5 Å². The molecule has 0 unspecified atom stereocenters. The lowest BCUT2D eigenvalue weighted by Gasteiger charge is -2.29. The SMILES string of the molecule is CC1(C)c2ccccc2-c2c1cc1c(c2-c2ccccc2)-c2ccc(N(c3ccc(-c4ccccc4)cc3)c3ccc(-c4cccc5c4oc4ccccc45)cc3)cc2C1(C)C. The second-order valence-corrected chi connectivity index (χ2v) is 18.1. The van der Waals surface area contributed by atoms with E-state index in [-0.39, 0.29) is 10.8 Å². The first-order valence-corrected chi connectivity index (χ1v) is 21.8. The van der Waals surface area contributed by atoms with Crippen molar-refractivity contribution >= 4 is 39.0 Å². The van der Waals surface area contributed by atoms with E-state index in [2.05, 4.69) is 227 Å². The second kappa shape index (κ2) is 13.5. The summed E-state index contributed by atoms with van der Waals surface area (Å²) in [5, 5.41) is 2.28. The maximum atomic E-state index is 6.47. The van der Waals surface area contributed by atoms with E-state index in [0.29, 0.717) is 0 Å². The Morgan fingerprint density at radius 1 is 0.339 bits per heavy atom. The molecular formula is C60H45NO. The lowest BCUT2D eigenvalue weighted by Crippen LogP contribution is -2.19. The summed E-state index contributed by atoms with van der Waals surface area (Å²) in [5.41, 5.74) is 23.0. The van der Waals surface area contributed by atoms with E-state index in [1.54, 1.807) is 0 Å². The molecule has 0 saturated heterocycles. The summed E-state index contributed by atoms with van der Waals surface area (Å²) in [6.45, 7) is 9.64. The third-order valence-corrected chi connectivity index (χ3v) is 13.9. The van der Waals surface area contributed by atoms with Crippen LogP contribution < -0.4 is 4.90 Å². The van der Waals surface area contributed by atoms with E-state index in [0.717, 1.165) is 50.1 Å². The summed E-state index contributed by atoms with van der Waals surface area (Å²) in [4.78, 5) is 2.41. The van der Waals surface area contributed by atoms with Crippen molar-refractivity contribution in [3.05, 3.63) is 222 Å². The molecule has 0 saturated carbocycles. The molecule has 2 heteroatoms. The molecule has 0 atom stereocenters. The molecule has 12 rings (SSSR count). The van der Waals surface area contributed by atoms with Gasteiger partial charge in [0.25, 0.3) is 0 Å². The lowest BCUT2D eigenvalue weighted by atomic mass is 9.76. The molecule has 9 aromatic carbocycles. The first-order valence-electron chi connectivity index (χ1n) is 21.8. The molecule has 1 aromatic heterocycles. The number of hydrogen-bond acceptors (Lipinski definition) is 2. The molecule has 10 aromatic rings. The van der Waals surface area contributed by atoms with Crippen LogP contribution in [0, 0.1) is 0 Å². The van der Waals surface area contributed by atoms with E-state index in [1.165, 1.54) is 66.8 Å². The third-order valence-electron chi connectivity index (χ3n) is 13.9. The van der Waals surface area contributed by atoms with Crippen LogP contribution in [0.15, 0.2) is 205 Å². The van der Waals surface area contributed by atoms with Crippen LogP contribution in [0.2, 0.25) is 0 Å². The first kappa shape index (κ1) is 36.4. The van der Waals surface area contributed by atoms with Crippen molar-refractivity contribution in [3.8, 4) is 55.6 Å². The average molecular weight is 796 g/mol. The molecule has 0 fully saturated rings. The third kappa shape index (κ3) is 5.36. The highest BCUT2D eigenvalue weighted by Gasteiger charge is 2.44. The van der Waals surface area contributed by atoms with Crippen LogP contribution in [-0.2, 0) is 10.8 Å².